The maximum Gasteiger partial charge on any atom is 0.483 e. The average molecular weight is 748 g/mol. The molecule has 2 saturated heterocycles. The van der Waals surface area contributed by atoms with Gasteiger partial charge in [0.1, 0.15) is 42.7 Å². The number of aliphatic hydroxyl groups is 5. The van der Waals surface area contributed by atoms with Crippen molar-refractivity contribution in [1.82, 2.24) is 14.5 Å². The standard InChI is InChI=1S/C15H24N2O20P2S.C6H15N/c18-7-1-2-17(15(24)16-7)13-11(22)9(20)5(34-13)3-32-38(25,26)37-39(27,28)36-14-12(23)10(21)8(19)6(35-14)4-33-40(29,30)31;1-4-7(5-2)6-3/h1-2,5-6,8-14,19-23H,3-4H2,(H,25,26)(H,27,28)(H,16,18,24)(H,29,30,31);4-6H2,1-3H3/t5-,6-,8-,9-,10+,11-,12-,13-,14-;/m1./s1. The zero-order valence-electron chi connectivity index (χ0n) is 25.1. The topological polar surface area (TPSA) is 344 Å². The van der Waals surface area contributed by atoms with Crippen LogP contribution in [0, 0.1) is 0 Å². The average Bonchev–Trinajstić information content (AvgIpc) is 3.24. The second-order valence-electron chi connectivity index (χ2n) is 9.83. The van der Waals surface area contributed by atoms with Gasteiger partial charge in [0.25, 0.3) is 5.56 Å². The first-order chi connectivity index (χ1) is 21.6. The van der Waals surface area contributed by atoms with Crippen LogP contribution in [0.3, 0.4) is 0 Å². The summed E-state index contributed by atoms with van der Waals surface area (Å²) < 4.78 is 82.2. The van der Waals surface area contributed by atoms with Crippen molar-refractivity contribution >= 4 is 26.0 Å². The molecule has 0 radical (unpaired) electrons. The Morgan fingerprint density at radius 1 is 0.872 bits per heavy atom. The first kappa shape index (κ1) is 41.7. The first-order valence-corrected chi connectivity index (χ1v) is 18.1. The number of rotatable bonds is 14. The van der Waals surface area contributed by atoms with Crippen molar-refractivity contribution in [2.24, 2.45) is 0 Å². The van der Waals surface area contributed by atoms with Gasteiger partial charge in [-0.1, -0.05) is 20.8 Å². The van der Waals surface area contributed by atoms with E-state index in [2.05, 4.69) is 43.2 Å². The Kier molecular flexibility index (Phi) is 15.4. The number of ether oxygens (including phenoxy) is 2. The third-order valence-electron chi connectivity index (χ3n) is 6.70. The molecule has 26 heteroatoms. The van der Waals surface area contributed by atoms with Gasteiger partial charge in [0.2, 0.25) is 0 Å². The van der Waals surface area contributed by atoms with Crippen molar-refractivity contribution in [2.75, 3.05) is 32.8 Å². The van der Waals surface area contributed by atoms with Crippen LogP contribution in [-0.2, 0) is 46.5 Å². The zero-order valence-corrected chi connectivity index (χ0v) is 27.7. The van der Waals surface area contributed by atoms with Gasteiger partial charge in [0.15, 0.2) is 12.5 Å². The summed E-state index contributed by atoms with van der Waals surface area (Å²) >= 11 is 0. The Hall–Kier alpha value is -1.51. The molecule has 0 aliphatic carbocycles. The lowest BCUT2D eigenvalue weighted by molar-refractivity contribution is -0.279. The minimum absolute atomic E-state index is 0.690. The number of phosphoric acid groups is 2. The number of aromatic amines is 1. The molecule has 47 heavy (non-hydrogen) atoms. The van der Waals surface area contributed by atoms with E-state index in [0.29, 0.717) is 4.57 Å². The van der Waals surface area contributed by atoms with Crippen LogP contribution in [0.25, 0.3) is 0 Å². The number of aromatic nitrogens is 2. The molecule has 0 spiro atoms. The second kappa shape index (κ2) is 17.4. The Bertz CT molecular complexity index is 1470. The fraction of sp³-hybridized carbons (Fsp3) is 0.810. The van der Waals surface area contributed by atoms with E-state index < -0.39 is 106 Å². The molecule has 1 aromatic heterocycles. The van der Waals surface area contributed by atoms with E-state index in [1.807, 2.05) is 4.98 Å². The molecular weight excluding hydrogens is 708 g/mol. The van der Waals surface area contributed by atoms with Crippen LogP contribution in [0.4, 0.5) is 0 Å². The van der Waals surface area contributed by atoms with E-state index in [1.54, 1.807) is 0 Å². The van der Waals surface area contributed by atoms with Crippen LogP contribution in [0.5, 0.6) is 0 Å². The van der Waals surface area contributed by atoms with Gasteiger partial charge in [-0.25, -0.2) is 18.1 Å². The van der Waals surface area contributed by atoms with E-state index in [4.69, 9.17) is 14.0 Å². The second-order valence-corrected chi connectivity index (χ2v) is 13.9. The van der Waals surface area contributed by atoms with Crippen LogP contribution in [0.1, 0.15) is 27.0 Å². The van der Waals surface area contributed by atoms with Gasteiger partial charge >= 0.3 is 31.7 Å². The van der Waals surface area contributed by atoms with E-state index in [9.17, 15) is 62.5 Å². The lowest BCUT2D eigenvalue weighted by atomic mass is 10.00. The summed E-state index contributed by atoms with van der Waals surface area (Å²) in [7, 11) is -16.4. The smallest absolute Gasteiger partial charge is 0.387 e. The fourth-order valence-corrected chi connectivity index (χ4v) is 6.63. The van der Waals surface area contributed by atoms with Crippen molar-refractivity contribution < 1.29 is 84.4 Å². The molecule has 2 aliphatic heterocycles. The van der Waals surface area contributed by atoms with Crippen LogP contribution in [0.15, 0.2) is 21.9 Å². The van der Waals surface area contributed by atoms with Crippen molar-refractivity contribution in [2.45, 2.75) is 76.0 Å². The van der Waals surface area contributed by atoms with E-state index in [1.165, 1.54) is 19.6 Å². The molecule has 11 atom stereocenters. The van der Waals surface area contributed by atoms with E-state index >= 15 is 0 Å². The highest BCUT2D eigenvalue weighted by atomic mass is 32.3. The molecule has 3 rings (SSSR count). The molecule has 23 nitrogen and oxygen atoms in total. The summed E-state index contributed by atoms with van der Waals surface area (Å²) in [5.41, 5.74) is -1.81. The van der Waals surface area contributed by atoms with Gasteiger partial charge in [-0.15, -0.1) is 0 Å². The van der Waals surface area contributed by atoms with Crippen molar-refractivity contribution in [3.63, 3.8) is 0 Å². The Balaban J connectivity index is 0.000000984. The van der Waals surface area contributed by atoms with Crippen molar-refractivity contribution in [1.29, 1.82) is 0 Å². The van der Waals surface area contributed by atoms with Gasteiger partial charge in [-0.3, -0.25) is 27.9 Å². The quantitative estimate of drug-likeness (QED) is 0.0655. The SMILES string of the molecule is CCN(CC)CC.O=c1ccn([C@@H]2O[C@H](COP(=O)(O)OP(=O)(O)O[C@H]3O[C@H](COS(=O)(=O)O)[C@@H](O)[C@H](O)[C@H]3O)[C@@H](O)[C@H]2O)c(=O)[nH]1. The number of nitrogens with one attached hydrogen (secondary N) is 1. The van der Waals surface area contributed by atoms with Gasteiger partial charge in [0, 0.05) is 12.3 Å². The summed E-state index contributed by atoms with van der Waals surface area (Å²) in [5, 5.41) is 49.9. The molecular formula is C21H39N3O20P2S. The van der Waals surface area contributed by atoms with Gasteiger partial charge in [-0.05, 0) is 19.6 Å². The minimum Gasteiger partial charge on any atom is -0.387 e. The molecule has 0 amide bonds. The van der Waals surface area contributed by atoms with Gasteiger partial charge < -0.3 is 49.7 Å². The van der Waals surface area contributed by atoms with Crippen LogP contribution in [0.2, 0.25) is 0 Å². The normalized spacial score (nSPS) is 32.3. The highest BCUT2D eigenvalue weighted by Crippen LogP contribution is 2.61. The molecule has 1 aromatic rings. The summed E-state index contributed by atoms with van der Waals surface area (Å²) in [6.45, 7) is 7.85. The summed E-state index contributed by atoms with van der Waals surface area (Å²) in [4.78, 5) is 47.0. The maximum atomic E-state index is 12.3. The predicted molar refractivity (Wildman–Crippen MR) is 153 cm³/mol. The van der Waals surface area contributed by atoms with Gasteiger partial charge in [-0.2, -0.15) is 12.7 Å². The summed E-state index contributed by atoms with van der Waals surface area (Å²) in [6, 6.07) is 0.901. The molecule has 0 saturated carbocycles. The van der Waals surface area contributed by atoms with E-state index in [-0.39, 0.29) is 0 Å². The van der Waals surface area contributed by atoms with Crippen LogP contribution < -0.4 is 11.2 Å². The van der Waals surface area contributed by atoms with Crippen LogP contribution >= 0.6 is 15.6 Å². The minimum atomic E-state index is -5.76. The maximum absolute atomic E-state index is 12.3. The lowest BCUT2D eigenvalue weighted by Crippen LogP contribution is -2.59. The molecule has 9 N–H and O–H groups in total. The third kappa shape index (κ3) is 12.4. The number of H-pyrrole nitrogens is 1. The Morgan fingerprint density at radius 3 is 1.94 bits per heavy atom. The Labute approximate surface area is 267 Å². The zero-order chi connectivity index (χ0) is 35.9. The largest absolute Gasteiger partial charge is 0.483 e. The molecule has 2 aliphatic rings. The Morgan fingerprint density at radius 2 is 1.43 bits per heavy atom. The molecule has 3 heterocycles. The van der Waals surface area contributed by atoms with Crippen molar-refractivity contribution in [3.05, 3.63) is 33.1 Å². The molecule has 274 valence electrons. The highest BCUT2D eigenvalue weighted by molar-refractivity contribution is 7.80. The fourth-order valence-electron chi connectivity index (χ4n) is 4.16. The predicted octanol–water partition coefficient (Wildman–Crippen LogP) is -3.62. The molecule has 0 bridgehead atoms. The number of hydrogen-bond donors (Lipinski definition) is 9. The first-order valence-electron chi connectivity index (χ1n) is 13.7. The van der Waals surface area contributed by atoms with Crippen molar-refractivity contribution in [3.8, 4) is 0 Å². The third-order valence-corrected chi connectivity index (χ3v) is 9.73. The number of phosphoric ester groups is 2. The summed E-state index contributed by atoms with van der Waals surface area (Å²) in [5.74, 6) is 0. The number of aliphatic hydroxyl groups excluding tert-OH is 5. The monoisotopic (exact) mass is 747 g/mol. The molecule has 2 fully saturated rings. The van der Waals surface area contributed by atoms with Crippen LogP contribution in [-0.4, -0.2) is 145 Å². The molecule has 2 unspecified atom stereocenters. The van der Waals surface area contributed by atoms with Gasteiger partial charge in [0.05, 0.1) is 13.2 Å². The lowest BCUT2D eigenvalue weighted by Gasteiger charge is -2.39. The molecule has 0 aromatic carbocycles. The van der Waals surface area contributed by atoms with E-state index in [0.717, 1.165) is 12.3 Å². The summed E-state index contributed by atoms with van der Waals surface area (Å²) in [6.07, 6.45) is -16.8. The number of nitrogens with zero attached hydrogens (tertiary/aromatic N) is 2. The highest BCUT2D eigenvalue weighted by Gasteiger charge is 2.50. The number of hydrogen-bond acceptors (Lipinski definition) is 18.